The maximum absolute atomic E-state index is 14.7. The van der Waals surface area contributed by atoms with Crippen molar-refractivity contribution in [1.82, 2.24) is 15.0 Å². The second-order valence-corrected chi connectivity index (χ2v) is 7.71. The number of nitrogens with two attached hydrogens (primary N) is 2. The highest BCUT2D eigenvalue weighted by molar-refractivity contribution is 5.73. The summed E-state index contributed by atoms with van der Waals surface area (Å²) in [7, 11) is 0. The average Bonchev–Trinajstić information content (AvgIpc) is 2.84. The van der Waals surface area contributed by atoms with Crippen LogP contribution in [-0.2, 0) is 17.8 Å². The first-order valence-electron chi connectivity index (χ1n) is 10.6. The molecular weight excluding hydrogens is 435 g/mol. The van der Waals surface area contributed by atoms with Crippen LogP contribution in [0.4, 0.5) is 16.3 Å². The second-order valence-electron chi connectivity index (χ2n) is 7.71. The molecule has 0 amide bonds. The Morgan fingerprint density at radius 3 is 2.32 bits per heavy atom. The van der Waals surface area contributed by atoms with Crippen LogP contribution in [0.1, 0.15) is 11.1 Å². The number of nitrogens with one attached hydrogen (secondary N) is 1. The molecule has 9 heteroatoms. The molecular formula is C25H23FN6O2. The van der Waals surface area contributed by atoms with Gasteiger partial charge in [-0.3, -0.25) is 4.79 Å². The third-order valence-corrected chi connectivity index (χ3v) is 5.23. The maximum Gasteiger partial charge on any atom is 0.320 e. The van der Waals surface area contributed by atoms with Crippen LogP contribution in [0.2, 0.25) is 0 Å². The number of aliphatic carboxylic acids is 1. The van der Waals surface area contributed by atoms with Crippen molar-refractivity contribution in [3.05, 3.63) is 89.7 Å². The third-order valence-electron chi connectivity index (χ3n) is 5.23. The van der Waals surface area contributed by atoms with Crippen molar-refractivity contribution in [1.29, 1.82) is 0 Å². The van der Waals surface area contributed by atoms with E-state index in [0.717, 1.165) is 16.7 Å². The van der Waals surface area contributed by atoms with Crippen molar-refractivity contribution in [3.8, 4) is 22.5 Å². The summed E-state index contributed by atoms with van der Waals surface area (Å²) in [5.74, 6) is -0.832. The molecule has 4 aromatic rings. The largest absolute Gasteiger partial charge is 0.480 e. The summed E-state index contributed by atoms with van der Waals surface area (Å²) in [4.78, 5) is 23.6. The van der Waals surface area contributed by atoms with Gasteiger partial charge in [-0.15, -0.1) is 0 Å². The number of rotatable bonds is 8. The van der Waals surface area contributed by atoms with Crippen LogP contribution in [0.3, 0.4) is 0 Å². The fraction of sp³-hybridized carbons (Fsp3) is 0.120. The smallest absolute Gasteiger partial charge is 0.320 e. The molecule has 0 fully saturated rings. The van der Waals surface area contributed by atoms with Crippen molar-refractivity contribution < 1.29 is 14.3 Å². The summed E-state index contributed by atoms with van der Waals surface area (Å²) >= 11 is 0. The van der Waals surface area contributed by atoms with E-state index in [4.69, 9.17) is 16.6 Å². The lowest BCUT2D eigenvalue weighted by atomic mass is 10.0. The molecule has 1 heterocycles. The van der Waals surface area contributed by atoms with Crippen molar-refractivity contribution >= 4 is 17.9 Å². The third kappa shape index (κ3) is 5.51. The molecule has 4 rings (SSSR count). The zero-order chi connectivity index (χ0) is 24.1. The maximum atomic E-state index is 14.7. The Kier molecular flexibility index (Phi) is 6.74. The minimum absolute atomic E-state index is 0.0179. The number of nitrogens with zero attached hydrogens (tertiary/aromatic N) is 3. The van der Waals surface area contributed by atoms with Crippen LogP contribution in [0.25, 0.3) is 22.5 Å². The number of anilines is 2. The Bertz CT molecular complexity index is 1300. The Balaban J connectivity index is 1.47. The lowest BCUT2D eigenvalue weighted by molar-refractivity contribution is -0.138. The Hall–Kier alpha value is -4.37. The molecule has 0 aliphatic carbocycles. The number of nitrogen functional groups attached to an aromatic ring is 1. The highest BCUT2D eigenvalue weighted by atomic mass is 19.1. The number of hydrogen-bond donors (Lipinski definition) is 4. The summed E-state index contributed by atoms with van der Waals surface area (Å²) in [6.07, 6.45) is 0.205. The lowest BCUT2D eigenvalue weighted by Crippen LogP contribution is -2.32. The van der Waals surface area contributed by atoms with E-state index in [1.807, 2.05) is 36.4 Å². The normalized spacial score (nSPS) is 11.7. The van der Waals surface area contributed by atoms with Crippen LogP contribution >= 0.6 is 0 Å². The van der Waals surface area contributed by atoms with E-state index in [0.29, 0.717) is 17.0 Å². The molecule has 1 atom stereocenters. The highest BCUT2D eigenvalue weighted by Crippen LogP contribution is 2.23. The van der Waals surface area contributed by atoms with Gasteiger partial charge in [0.1, 0.15) is 11.9 Å². The molecule has 0 radical (unpaired) electrons. The van der Waals surface area contributed by atoms with Gasteiger partial charge in [-0.1, -0.05) is 66.7 Å². The molecule has 1 aromatic heterocycles. The number of carboxylic acids is 1. The second kappa shape index (κ2) is 10.1. The number of carbonyl (C=O) groups is 1. The quantitative estimate of drug-likeness (QED) is 0.315. The van der Waals surface area contributed by atoms with E-state index in [1.54, 1.807) is 30.3 Å². The number of benzene rings is 3. The van der Waals surface area contributed by atoms with Gasteiger partial charge in [0.25, 0.3) is 0 Å². The fourth-order valence-electron chi connectivity index (χ4n) is 3.41. The van der Waals surface area contributed by atoms with E-state index < -0.39 is 12.0 Å². The SMILES string of the molecule is Nc1nc(NCc2ccc(-c3ccccc3)cc2F)nc(-c2ccc(CC(N)C(=O)O)cc2)n1. The van der Waals surface area contributed by atoms with E-state index in [2.05, 4.69) is 20.3 Å². The van der Waals surface area contributed by atoms with Gasteiger partial charge in [0.05, 0.1) is 0 Å². The summed E-state index contributed by atoms with van der Waals surface area (Å²) in [6, 6.07) is 20.7. The molecule has 172 valence electrons. The lowest BCUT2D eigenvalue weighted by Gasteiger charge is -2.10. The van der Waals surface area contributed by atoms with Crippen LogP contribution in [0.15, 0.2) is 72.8 Å². The van der Waals surface area contributed by atoms with Crippen molar-refractivity contribution in [2.45, 2.75) is 19.0 Å². The van der Waals surface area contributed by atoms with Gasteiger partial charge in [0.15, 0.2) is 5.82 Å². The van der Waals surface area contributed by atoms with Gasteiger partial charge in [-0.25, -0.2) is 4.39 Å². The van der Waals surface area contributed by atoms with E-state index >= 15 is 0 Å². The summed E-state index contributed by atoms with van der Waals surface area (Å²) in [5, 5.41) is 12.0. The summed E-state index contributed by atoms with van der Waals surface area (Å²) < 4.78 is 14.7. The number of hydrogen-bond acceptors (Lipinski definition) is 7. The molecule has 1 unspecified atom stereocenters. The molecule has 0 aliphatic rings. The topological polar surface area (TPSA) is 140 Å². The van der Waals surface area contributed by atoms with Gasteiger partial charge < -0.3 is 21.9 Å². The molecule has 0 aliphatic heterocycles. The fourth-order valence-corrected chi connectivity index (χ4v) is 3.41. The molecule has 6 N–H and O–H groups in total. The van der Waals surface area contributed by atoms with Gasteiger partial charge in [-0.2, -0.15) is 15.0 Å². The summed E-state index contributed by atoms with van der Waals surface area (Å²) in [5.41, 5.74) is 15.1. The van der Waals surface area contributed by atoms with E-state index in [9.17, 15) is 9.18 Å². The summed E-state index contributed by atoms with van der Waals surface area (Å²) in [6.45, 7) is 0.163. The van der Waals surface area contributed by atoms with Crippen LogP contribution in [0, 0.1) is 5.82 Å². The van der Waals surface area contributed by atoms with Gasteiger partial charge in [0.2, 0.25) is 11.9 Å². The molecule has 0 saturated carbocycles. The van der Waals surface area contributed by atoms with E-state index in [-0.39, 0.29) is 30.7 Å². The highest BCUT2D eigenvalue weighted by Gasteiger charge is 2.13. The zero-order valence-electron chi connectivity index (χ0n) is 18.1. The Labute approximate surface area is 195 Å². The van der Waals surface area contributed by atoms with Crippen LogP contribution < -0.4 is 16.8 Å². The molecule has 34 heavy (non-hydrogen) atoms. The Morgan fingerprint density at radius 2 is 1.65 bits per heavy atom. The van der Waals surface area contributed by atoms with Gasteiger partial charge >= 0.3 is 5.97 Å². The van der Waals surface area contributed by atoms with E-state index in [1.165, 1.54) is 6.07 Å². The number of aromatic nitrogens is 3. The van der Waals surface area contributed by atoms with Crippen molar-refractivity contribution in [3.63, 3.8) is 0 Å². The average molecular weight is 458 g/mol. The van der Waals surface area contributed by atoms with Crippen LogP contribution in [0.5, 0.6) is 0 Å². The monoisotopic (exact) mass is 458 g/mol. The molecule has 3 aromatic carbocycles. The standard InChI is InChI=1S/C25H23FN6O2/c26-20-13-18(16-4-2-1-3-5-16)10-11-19(20)14-29-25-31-22(30-24(28)32-25)17-8-6-15(7-9-17)12-21(27)23(33)34/h1-11,13,21H,12,14,27H2,(H,33,34)(H3,28,29,30,31,32). The van der Waals surface area contributed by atoms with Crippen LogP contribution in [-0.4, -0.2) is 32.1 Å². The Morgan fingerprint density at radius 1 is 0.941 bits per heavy atom. The first-order chi connectivity index (χ1) is 16.4. The van der Waals surface area contributed by atoms with Crippen molar-refractivity contribution in [2.75, 3.05) is 11.1 Å². The molecule has 0 spiro atoms. The molecule has 0 saturated heterocycles. The minimum atomic E-state index is -1.06. The van der Waals surface area contributed by atoms with Gasteiger partial charge in [-0.05, 0) is 29.2 Å². The molecule has 0 bridgehead atoms. The van der Waals surface area contributed by atoms with Crippen molar-refractivity contribution in [2.24, 2.45) is 5.73 Å². The molecule has 8 nitrogen and oxygen atoms in total. The predicted molar refractivity (Wildman–Crippen MR) is 128 cm³/mol. The number of carboxylic acid groups (broad SMARTS) is 1. The number of halogens is 1. The minimum Gasteiger partial charge on any atom is -0.480 e. The predicted octanol–water partition coefficient (Wildman–Crippen LogP) is 3.49. The first kappa shape index (κ1) is 22.8. The first-order valence-corrected chi connectivity index (χ1v) is 10.6. The zero-order valence-corrected chi connectivity index (χ0v) is 18.1. The van der Waals surface area contributed by atoms with Gasteiger partial charge in [0, 0.05) is 17.7 Å².